The zero-order valence-corrected chi connectivity index (χ0v) is 40.1. The van der Waals surface area contributed by atoms with Crippen LogP contribution in [0.2, 0.25) is 0 Å². The van der Waals surface area contributed by atoms with E-state index in [0.29, 0.717) is 27.3 Å². The van der Waals surface area contributed by atoms with Crippen LogP contribution in [0.25, 0.3) is 0 Å². The van der Waals surface area contributed by atoms with Crippen molar-refractivity contribution in [1.82, 2.24) is 25.4 Å². The lowest BCUT2D eigenvalue weighted by molar-refractivity contribution is -0.154. The molecule has 3 N–H and O–H groups in total. The molecule has 0 aliphatic carbocycles. The van der Waals surface area contributed by atoms with Crippen LogP contribution in [0.1, 0.15) is 46.5 Å². The Hall–Kier alpha value is -7.86. The van der Waals surface area contributed by atoms with Gasteiger partial charge in [0.05, 0.1) is 0 Å². The Morgan fingerprint density at radius 1 is 0.800 bits per heavy atom. The standard InChI is InChI=1S/C53H44N8O6S3/c1-34(62)54-42-28-29-43(59-58-42)68-31-30-37-32-69-50-45(49(64)61(50)46(37)51(65)67-47(35-18-8-3-9-19-35)36-20-10-4-11-21-36)56-48(63)44(60-66-2)41-33-70-52(55-41)57-53(38-22-12-5-13-23-38,39-24-14-6-15-25-39)40-26-16-7-17-27-40/h3-31,33,45,47,50H,32H2,1-2H3,(H,55,57)(H,56,63)(H,54,58,62)/b31-30+,60-44-. The van der Waals surface area contributed by atoms with Gasteiger partial charge in [-0.3, -0.25) is 19.3 Å². The normalized spacial score (nSPS) is 15.8. The number of aromatic nitrogens is 3. The van der Waals surface area contributed by atoms with Crippen LogP contribution in [-0.4, -0.2) is 73.8 Å². The minimum absolute atomic E-state index is 0.0554. The average Bonchev–Trinajstić information content (AvgIpc) is 3.87. The number of benzene rings is 5. The molecule has 4 heterocycles. The van der Waals surface area contributed by atoms with Gasteiger partial charge < -0.3 is 25.5 Å². The van der Waals surface area contributed by atoms with Crippen LogP contribution in [0.3, 0.4) is 0 Å². The van der Waals surface area contributed by atoms with Crippen LogP contribution in [0, 0.1) is 0 Å². The summed E-state index contributed by atoms with van der Waals surface area (Å²) in [5.74, 6) is -1.57. The molecule has 1 saturated heterocycles. The molecule has 0 saturated carbocycles. The summed E-state index contributed by atoms with van der Waals surface area (Å²) in [5, 5.41) is 25.3. The van der Waals surface area contributed by atoms with E-state index >= 15 is 0 Å². The summed E-state index contributed by atoms with van der Waals surface area (Å²) in [7, 11) is 1.33. The Morgan fingerprint density at radius 2 is 1.37 bits per heavy atom. The molecule has 2 aliphatic rings. The van der Waals surface area contributed by atoms with E-state index in [4.69, 9.17) is 14.6 Å². The Bertz CT molecular complexity index is 2930. The SMILES string of the molecule is CO/N=C(\C(=O)NC1C(=O)N2C(C(=O)OC(c3ccccc3)c3ccccc3)=C(/C=C/Sc3ccc(NC(C)=O)nn3)CSC12)c1csc(NC(c2ccccc2)(c2ccccc2)c2ccccc2)n1. The number of rotatable bonds is 17. The summed E-state index contributed by atoms with van der Waals surface area (Å²) in [6.45, 7) is 1.38. The first-order valence-electron chi connectivity index (χ1n) is 22.0. The van der Waals surface area contributed by atoms with Crippen LogP contribution in [-0.2, 0) is 34.3 Å². The van der Waals surface area contributed by atoms with Crippen molar-refractivity contribution >= 4 is 75.2 Å². The first-order chi connectivity index (χ1) is 34.2. The summed E-state index contributed by atoms with van der Waals surface area (Å²) in [5.41, 5.74) is 4.20. The van der Waals surface area contributed by atoms with E-state index in [0.717, 1.165) is 27.8 Å². The highest BCUT2D eigenvalue weighted by molar-refractivity contribution is 8.02. The summed E-state index contributed by atoms with van der Waals surface area (Å²) in [4.78, 5) is 66.2. The van der Waals surface area contributed by atoms with Crippen molar-refractivity contribution in [1.29, 1.82) is 0 Å². The van der Waals surface area contributed by atoms with Gasteiger partial charge in [0.15, 0.2) is 22.8 Å². The average molecular weight is 985 g/mol. The molecule has 5 aromatic carbocycles. The number of β-lactam (4-membered cyclic amide) rings is 1. The van der Waals surface area contributed by atoms with Crippen molar-refractivity contribution < 1.29 is 28.8 Å². The minimum atomic E-state index is -1.03. The molecule has 70 heavy (non-hydrogen) atoms. The number of anilines is 2. The molecule has 0 radical (unpaired) electrons. The van der Waals surface area contributed by atoms with Gasteiger partial charge in [0.1, 0.15) is 40.5 Å². The number of oxime groups is 1. The lowest BCUT2D eigenvalue weighted by atomic mass is 9.77. The van der Waals surface area contributed by atoms with E-state index in [2.05, 4.69) is 67.7 Å². The number of carbonyl (C=O) groups is 4. The smallest absolute Gasteiger partial charge is 0.356 e. The molecular weight excluding hydrogens is 941 g/mol. The molecule has 17 heteroatoms. The fraction of sp³-hybridized carbons (Fsp3) is 0.132. The first-order valence-corrected chi connectivity index (χ1v) is 24.8. The number of hydrogen-bond acceptors (Lipinski definition) is 14. The summed E-state index contributed by atoms with van der Waals surface area (Å²) < 4.78 is 6.33. The van der Waals surface area contributed by atoms with Crippen molar-refractivity contribution in [3.8, 4) is 0 Å². The molecule has 2 atom stereocenters. The van der Waals surface area contributed by atoms with E-state index in [1.165, 1.54) is 53.8 Å². The molecule has 2 unspecified atom stereocenters. The molecule has 1 fully saturated rings. The van der Waals surface area contributed by atoms with E-state index in [9.17, 15) is 19.2 Å². The predicted molar refractivity (Wildman–Crippen MR) is 273 cm³/mol. The predicted octanol–water partition coefficient (Wildman–Crippen LogP) is 8.94. The largest absolute Gasteiger partial charge is 0.448 e. The maximum atomic E-state index is 14.6. The highest BCUT2D eigenvalue weighted by Gasteiger charge is 2.55. The number of nitrogens with zero attached hydrogens (tertiary/aromatic N) is 5. The second kappa shape index (κ2) is 21.6. The Balaban J connectivity index is 0.982. The van der Waals surface area contributed by atoms with Crippen LogP contribution in [0.15, 0.2) is 202 Å². The molecule has 14 nitrogen and oxygen atoms in total. The van der Waals surface area contributed by atoms with Gasteiger partial charge in [0.2, 0.25) is 5.91 Å². The summed E-state index contributed by atoms with van der Waals surface area (Å²) in [6, 6.07) is 51.3. The molecule has 3 amide bonds. The van der Waals surface area contributed by atoms with Crippen LogP contribution in [0.5, 0.6) is 0 Å². The Morgan fingerprint density at radius 3 is 1.90 bits per heavy atom. The third-order valence-corrected chi connectivity index (χ3v) is 14.2. The van der Waals surface area contributed by atoms with Crippen molar-refractivity contribution in [2.24, 2.45) is 5.16 Å². The summed E-state index contributed by atoms with van der Waals surface area (Å²) in [6.07, 6.45) is 0.953. The third kappa shape index (κ3) is 10.1. The third-order valence-electron chi connectivity index (χ3n) is 11.4. The van der Waals surface area contributed by atoms with Gasteiger partial charge in [-0.1, -0.05) is 169 Å². The monoisotopic (exact) mass is 984 g/mol. The van der Waals surface area contributed by atoms with Crippen LogP contribution in [0.4, 0.5) is 10.9 Å². The maximum absolute atomic E-state index is 14.6. The number of esters is 1. The highest BCUT2D eigenvalue weighted by Crippen LogP contribution is 2.43. The van der Waals surface area contributed by atoms with Crippen molar-refractivity contribution in [3.63, 3.8) is 0 Å². The number of carbonyl (C=O) groups excluding carboxylic acids is 4. The van der Waals surface area contributed by atoms with Gasteiger partial charge in [-0.05, 0) is 57.0 Å². The van der Waals surface area contributed by atoms with E-state index < -0.39 is 40.8 Å². The molecule has 2 aromatic heterocycles. The Kier molecular flexibility index (Phi) is 14.6. The fourth-order valence-electron chi connectivity index (χ4n) is 8.21. The zero-order valence-electron chi connectivity index (χ0n) is 37.7. The van der Waals surface area contributed by atoms with Gasteiger partial charge >= 0.3 is 5.97 Å². The van der Waals surface area contributed by atoms with Gasteiger partial charge in [-0.2, -0.15) is 0 Å². The molecular formula is C53H44N8O6S3. The number of ether oxygens (including phenoxy) is 1. The number of fused-ring (bicyclic) bond motifs is 1. The molecule has 7 aromatic rings. The highest BCUT2D eigenvalue weighted by atomic mass is 32.2. The summed E-state index contributed by atoms with van der Waals surface area (Å²) >= 11 is 3.93. The number of amides is 3. The van der Waals surface area contributed by atoms with Crippen molar-refractivity contribution in [2.75, 3.05) is 23.5 Å². The van der Waals surface area contributed by atoms with Crippen molar-refractivity contribution in [2.45, 2.75) is 35.0 Å². The maximum Gasteiger partial charge on any atom is 0.356 e. The van der Waals surface area contributed by atoms with Gasteiger partial charge in [-0.15, -0.1) is 33.3 Å². The van der Waals surface area contributed by atoms with E-state index in [-0.39, 0.29) is 23.0 Å². The number of allylic oxidation sites excluding steroid dienone is 1. The first kappa shape index (κ1) is 47.2. The Labute approximate surface area is 416 Å². The molecule has 0 spiro atoms. The number of thioether (sulfide) groups is 2. The number of thiazole rings is 1. The molecule has 0 bridgehead atoms. The van der Waals surface area contributed by atoms with E-state index in [1.807, 2.05) is 115 Å². The number of hydrogen-bond donors (Lipinski definition) is 3. The zero-order chi connectivity index (χ0) is 48.5. The van der Waals surface area contributed by atoms with E-state index in [1.54, 1.807) is 29.0 Å². The second-order valence-corrected chi connectivity index (χ2v) is 18.7. The van der Waals surface area contributed by atoms with Crippen LogP contribution >= 0.6 is 34.9 Å². The molecule has 2 aliphatic heterocycles. The number of nitrogens with one attached hydrogen (secondary N) is 3. The molecule has 9 rings (SSSR count). The molecule has 350 valence electrons. The fourth-order valence-corrected chi connectivity index (χ4v) is 10.9. The van der Waals surface area contributed by atoms with Gasteiger partial charge in [0.25, 0.3) is 11.8 Å². The topological polar surface area (TPSA) is 177 Å². The van der Waals surface area contributed by atoms with Crippen molar-refractivity contribution in [3.05, 3.63) is 225 Å². The quantitative estimate of drug-likeness (QED) is 0.0198. The van der Waals surface area contributed by atoms with Gasteiger partial charge in [0, 0.05) is 18.1 Å². The lowest BCUT2D eigenvalue weighted by Gasteiger charge is -2.49. The second-order valence-electron chi connectivity index (χ2n) is 15.8. The van der Waals surface area contributed by atoms with Crippen LogP contribution < -0.4 is 16.0 Å². The lowest BCUT2D eigenvalue weighted by Crippen LogP contribution is -2.71. The van der Waals surface area contributed by atoms with Gasteiger partial charge in [-0.25, -0.2) is 9.78 Å². The minimum Gasteiger partial charge on any atom is -0.448 e.